The van der Waals surface area contributed by atoms with Crippen LogP contribution in [0.3, 0.4) is 0 Å². The number of halogens is 2. The molecule has 0 saturated heterocycles. The van der Waals surface area contributed by atoms with Crippen molar-refractivity contribution in [3.05, 3.63) is 28.2 Å². The molecule has 0 aliphatic rings. The van der Waals surface area contributed by atoms with Crippen LogP contribution in [0.25, 0.3) is 0 Å². The van der Waals surface area contributed by atoms with E-state index in [1.54, 1.807) is 12.1 Å². The quantitative estimate of drug-likeness (QED) is 0.716. The lowest BCUT2D eigenvalue weighted by Crippen LogP contribution is -2.38. The van der Waals surface area contributed by atoms with E-state index in [-0.39, 0.29) is 17.1 Å². The minimum absolute atomic E-state index is 0.00172. The van der Waals surface area contributed by atoms with Gasteiger partial charge in [-0.2, -0.15) is 0 Å². The van der Waals surface area contributed by atoms with Gasteiger partial charge < -0.3 is 10.4 Å². The van der Waals surface area contributed by atoms with Crippen molar-refractivity contribution in [1.29, 1.82) is 0 Å². The Morgan fingerprint density at radius 3 is 2.53 bits per heavy atom. The van der Waals surface area contributed by atoms with E-state index in [2.05, 4.69) is 51.0 Å². The van der Waals surface area contributed by atoms with E-state index in [1.807, 2.05) is 0 Å². The fraction of sp³-hybridized carbons (Fsp3) is 0.500. The molecule has 5 heteroatoms. The first-order valence-corrected chi connectivity index (χ1v) is 8.22. The molecule has 0 heterocycles. The first-order chi connectivity index (χ1) is 8.98. The molecule has 0 spiro atoms. The Kier molecular flexibility index (Phi) is 6.33. The van der Waals surface area contributed by atoms with Crippen LogP contribution in [0.1, 0.15) is 37.0 Å². The number of hydrogen-bond donors (Lipinski definition) is 2. The van der Waals surface area contributed by atoms with Gasteiger partial charge in [-0.25, -0.2) is 0 Å². The van der Waals surface area contributed by atoms with Gasteiger partial charge in [-0.05, 0) is 36.5 Å². The zero-order valence-corrected chi connectivity index (χ0v) is 14.3. The first-order valence-electron chi connectivity index (χ1n) is 6.30. The van der Waals surface area contributed by atoms with E-state index in [0.717, 1.165) is 22.6 Å². The third-order valence-corrected chi connectivity index (χ3v) is 5.29. The number of rotatable bonds is 6. The van der Waals surface area contributed by atoms with Crippen LogP contribution in [0.15, 0.2) is 22.7 Å². The van der Waals surface area contributed by atoms with Gasteiger partial charge in [0.2, 0.25) is 0 Å². The van der Waals surface area contributed by atoms with Gasteiger partial charge in [0.05, 0.1) is 5.56 Å². The minimum Gasteiger partial charge on any atom is -0.507 e. The van der Waals surface area contributed by atoms with Gasteiger partial charge in [0.25, 0.3) is 5.91 Å². The molecule has 0 atom stereocenters. The number of phenols is 1. The van der Waals surface area contributed by atoms with E-state index in [9.17, 15) is 9.90 Å². The molecular formula is C14H19Br2NO2. The molecular weight excluding hydrogens is 374 g/mol. The molecule has 3 nitrogen and oxygen atoms in total. The second kappa shape index (κ2) is 7.29. The Labute approximate surface area is 131 Å². The maximum Gasteiger partial charge on any atom is 0.255 e. The lowest BCUT2D eigenvalue weighted by Gasteiger charge is -2.29. The molecule has 19 heavy (non-hydrogen) atoms. The van der Waals surface area contributed by atoms with Gasteiger partial charge in [0.15, 0.2) is 0 Å². The van der Waals surface area contributed by atoms with Crippen molar-refractivity contribution in [3.63, 3.8) is 0 Å². The Hall–Kier alpha value is -0.550. The summed E-state index contributed by atoms with van der Waals surface area (Å²) < 4.78 is 0.771. The number of nitrogens with one attached hydrogen (secondary N) is 1. The summed E-state index contributed by atoms with van der Waals surface area (Å²) >= 11 is 6.82. The van der Waals surface area contributed by atoms with Crippen LogP contribution in [0.4, 0.5) is 0 Å². The Morgan fingerprint density at radius 2 is 2.00 bits per heavy atom. The molecule has 0 aliphatic heterocycles. The van der Waals surface area contributed by atoms with Crippen molar-refractivity contribution < 1.29 is 9.90 Å². The van der Waals surface area contributed by atoms with Crippen LogP contribution in [-0.2, 0) is 0 Å². The van der Waals surface area contributed by atoms with Crippen LogP contribution >= 0.6 is 31.9 Å². The summed E-state index contributed by atoms with van der Waals surface area (Å²) in [7, 11) is 0. The highest BCUT2D eigenvalue weighted by molar-refractivity contribution is 9.10. The zero-order valence-electron chi connectivity index (χ0n) is 11.2. The summed E-state index contributed by atoms with van der Waals surface area (Å²) in [5.74, 6) is -0.246. The average Bonchev–Trinajstić information content (AvgIpc) is 2.43. The van der Waals surface area contributed by atoms with Crippen LogP contribution in [0, 0.1) is 5.41 Å². The minimum atomic E-state index is -0.244. The number of phenolic OH excluding ortho intramolecular Hbond substituents is 1. The van der Waals surface area contributed by atoms with Crippen molar-refractivity contribution in [2.45, 2.75) is 26.7 Å². The summed E-state index contributed by atoms with van der Waals surface area (Å²) in [4.78, 5) is 12.1. The van der Waals surface area contributed by atoms with E-state index in [1.165, 1.54) is 6.07 Å². The van der Waals surface area contributed by atoms with E-state index in [0.29, 0.717) is 12.1 Å². The summed E-state index contributed by atoms with van der Waals surface area (Å²) in [6.45, 7) is 4.83. The third kappa shape index (κ3) is 4.21. The standard InChI is InChI=1S/C14H19Br2NO2/c1-3-14(4-2,8-15)9-17-13(19)11-7-10(16)5-6-12(11)18/h5-7,18H,3-4,8-9H2,1-2H3,(H,17,19). The lowest BCUT2D eigenvalue weighted by atomic mass is 9.84. The average molecular weight is 393 g/mol. The van der Waals surface area contributed by atoms with Crippen LogP contribution in [0.5, 0.6) is 5.75 Å². The molecule has 0 aliphatic carbocycles. The summed E-state index contributed by atoms with van der Waals surface area (Å²) in [6.07, 6.45) is 1.97. The molecule has 1 rings (SSSR count). The van der Waals surface area contributed by atoms with Crippen LogP contribution in [0.2, 0.25) is 0 Å². The van der Waals surface area contributed by atoms with Crippen molar-refractivity contribution in [2.75, 3.05) is 11.9 Å². The van der Waals surface area contributed by atoms with Crippen molar-refractivity contribution in [3.8, 4) is 5.75 Å². The number of benzene rings is 1. The van der Waals surface area contributed by atoms with Crippen molar-refractivity contribution in [2.24, 2.45) is 5.41 Å². The number of amides is 1. The molecule has 0 saturated carbocycles. The van der Waals surface area contributed by atoms with E-state index < -0.39 is 0 Å². The molecule has 2 N–H and O–H groups in total. The maximum atomic E-state index is 12.1. The zero-order chi connectivity index (χ0) is 14.5. The van der Waals surface area contributed by atoms with E-state index in [4.69, 9.17) is 0 Å². The second-order valence-corrected chi connectivity index (χ2v) is 6.16. The fourth-order valence-corrected chi connectivity index (χ4v) is 3.14. The summed E-state index contributed by atoms with van der Waals surface area (Å²) in [6, 6.07) is 4.84. The van der Waals surface area contributed by atoms with Crippen molar-refractivity contribution in [1.82, 2.24) is 5.32 Å². The fourth-order valence-electron chi connectivity index (χ4n) is 1.79. The van der Waals surface area contributed by atoms with Gasteiger partial charge in [0, 0.05) is 16.3 Å². The molecule has 106 valence electrons. The van der Waals surface area contributed by atoms with Gasteiger partial charge in [-0.1, -0.05) is 45.7 Å². The number of aromatic hydroxyl groups is 1. The SMILES string of the molecule is CCC(CC)(CBr)CNC(=O)c1cc(Br)ccc1O. The highest BCUT2D eigenvalue weighted by Crippen LogP contribution is 2.28. The molecule has 1 aromatic rings. The molecule has 1 amide bonds. The number of hydrogen-bond acceptors (Lipinski definition) is 2. The topological polar surface area (TPSA) is 49.3 Å². The van der Waals surface area contributed by atoms with Crippen LogP contribution < -0.4 is 5.32 Å². The molecule has 0 fully saturated rings. The predicted octanol–water partition coefficient (Wildman–Crippen LogP) is 4.09. The maximum absolute atomic E-state index is 12.1. The predicted molar refractivity (Wildman–Crippen MR) is 84.9 cm³/mol. The third-order valence-electron chi connectivity index (χ3n) is 3.61. The smallest absolute Gasteiger partial charge is 0.255 e. The number of carbonyl (C=O) groups is 1. The Morgan fingerprint density at radius 1 is 1.37 bits per heavy atom. The highest BCUT2D eigenvalue weighted by Gasteiger charge is 2.26. The molecule has 0 bridgehead atoms. The highest BCUT2D eigenvalue weighted by atomic mass is 79.9. The normalized spacial score (nSPS) is 11.4. The molecule has 0 radical (unpaired) electrons. The number of alkyl halides is 1. The van der Waals surface area contributed by atoms with Gasteiger partial charge in [-0.15, -0.1) is 0 Å². The second-order valence-electron chi connectivity index (χ2n) is 4.68. The lowest BCUT2D eigenvalue weighted by molar-refractivity contribution is 0.0929. The summed E-state index contributed by atoms with van der Waals surface area (Å²) in [5, 5.41) is 13.5. The first kappa shape index (κ1) is 16.5. The van der Waals surface area contributed by atoms with Gasteiger partial charge in [0.1, 0.15) is 5.75 Å². The molecule has 1 aromatic carbocycles. The molecule has 0 unspecified atom stereocenters. The monoisotopic (exact) mass is 391 g/mol. The Bertz CT molecular complexity index is 437. The number of carbonyl (C=O) groups excluding carboxylic acids is 1. The van der Waals surface area contributed by atoms with Gasteiger partial charge >= 0.3 is 0 Å². The Balaban J connectivity index is 2.77. The van der Waals surface area contributed by atoms with E-state index >= 15 is 0 Å². The largest absolute Gasteiger partial charge is 0.507 e. The molecule has 0 aromatic heterocycles. The van der Waals surface area contributed by atoms with Gasteiger partial charge in [-0.3, -0.25) is 4.79 Å². The summed E-state index contributed by atoms with van der Waals surface area (Å²) in [5.41, 5.74) is 0.363. The van der Waals surface area contributed by atoms with Crippen LogP contribution in [-0.4, -0.2) is 22.9 Å². The van der Waals surface area contributed by atoms with Crippen molar-refractivity contribution >= 4 is 37.8 Å².